The molecule has 3 aromatic carbocycles. The second kappa shape index (κ2) is 16.8. The van der Waals surface area contributed by atoms with E-state index in [0.29, 0.717) is 6.61 Å². The topological polar surface area (TPSA) is 49.7 Å². The van der Waals surface area contributed by atoms with Gasteiger partial charge in [-0.25, -0.2) is 0 Å². The lowest BCUT2D eigenvalue weighted by Gasteiger charge is -2.24. The number of halogens is 1. The highest BCUT2D eigenvalue weighted by atomic mass is 35.5. The molecule has 1 N–H and O–H groups in total. The Kier molecular flexibility index (Phi) is 12.9. The predicted octanol–water partition coefficient (Wildman–Crippen LogP) is 7.59. The van der Waals surface area contributed by atoms with Crippen molar-refractivity contribution in [3.63, 3.8) is 0 Å². The maximum Gasteiger partial charge on any atom is 0.268 e. The molecule has 1 unspecified atom stereocenters. The third-order valence-corrected chi connectivity index (χ3v) is 8.88. The third kappa shape index (κ3) is 8.90. The minimum atomic E-state index is -0.115. The Labute approximate surface area is 276 Å². The molecule has 1 aromatic heterocycles. The van der Waals surface area contributed by atoms with Crippen LogP contribution in [-0.2, 0) is 6.54 Å². The Morgan fingerprint density at radius 3 is 2.07 bits per heavy atom. The van der Waals surface area contributed by atoms with Gasteiger partial charge in [-0.2, -0.15) is 0 Å². The zero-order valence-electron chi connectivity index (χ0n) is 27.5. The lowest BCUT2D eigenvalue weighted by Crippen LogP contribution is -2.37. The van der Waals surface area contributed by atoms with Gasteiger partial charge in [0.1, 0.15) is 18.1 Å². The van der Waals surface area contributed by atoms with Crippen LogP contribution in [0.3, 0.4) is 0 Å². The van der Waals surface area contributed by atoms with Gasteiger partial charge >= 0.3 is 0 Å². The molecular formula is C38H51ClN4O2. The van der Waals surface area contributed by atoms with Crippen molar-refractivity contribution >= 4 is 29.2 Å². The number of rotatable bonds is 12. The Hall–Kier alpha value is -3.32. The first-order valence-electron chi connectivity index (χ1n) is 16.4. The number of hydrogen-bond donors (Lipinski definition) is 1. The molecule has 0 aliphatic heterocycles. The fourth-order valence-electron chi connectivity index (χ4n) is 6.53. The van der Waals surface area contributed by atoms with Crippen LogP contribution in [0.1, 0.15) is 78.0 Å². The van der Waals surface area contributed by atoms with Crippen LogP contribution in [0, 0.1) is 0 Å². The van der Waals surface area contributed by atoms with Crippen LogP contribution in [0.5, 0.6) is 5.75 Å². The van der Waals surface area contributed by atoms with Crippen LogP contribution in [-0.4, -0.2) is 74.2 Å². The third-order valence-electron chi connectivity index (χ3n) is 8.88. The van der Waals surface area contributed by atoms with E-state index in [-0.39, 0.29) is 30.3 Å². The summed E-state index contributed by atoms with van der Waals surface area (Å²) < 4.78 is 8.32. The van der Waals surface area contributed by atoms with Gasteiger partial charge in [0.15, 0.2) is 0 Å². The SMILES string of the molecule is CN(C)CCOc1ccc(C(c2ccccc2)c2c(C(=O)NC3CCCCCCC3)n(CCN(C)C)c3ccccc23)cc1.Cl. The summed E-state index contributed by atoms with van der Waals surface area (Å²) in [6.07, 6.45) is 8.28. The van der Waals surface area contributed by atoms with Crippen molar-refractivity contribution in [2.24, 2.45) is 0 Å². The van der Waals surface area contributed by atoms with Crippen LogP contribution in [0.25, 0.3) is 10.9 Å². The lowest BCUT2D eigenvalue weighted by molar-refractivity contribution is 0.0919. The van der Waals surface area contributed by atoms with Crippen LogP contribution < -0.4 is 10.1 Å². The van der Waals surface area contributed by atoms with E-state index in [1.54, 1.807) is 0 Å². The summed E-state index contributed by atoms with van der Waals surface area (Å²) in [6.45, 7) is 3.08. The number of benzene rings is 3. The molecule has 1 atom stereocenters. The highest BCUT2D eigenvalue weighted by Crippen LogP contribution is 2.41. The Morgan fingerprint density at radius 2 is 1.40 bits per heavy atom. The fraction of sp³-hybridized carbons (Fsp3) is 0.447. The zero-order valence-corrected chi connectivity index (χ0v) is 28.3. The van der Waals surface area contributed by atoms with Gasteiger partial charge in [0.25, 0.3) is 5.91 Å². The number of amides is 1. The van der Waals surface area contributed by atoms with Crippen molar-refractivity contribution in [1.29, 1.82) is 0 Å². The molecule has 4 aromatic rings. The summed E-state index contributed by atoms with van der Waals surface area (Å²) in [7, 11) is 8.29. The molecule has 45 heavy (non-hydrogen) atoms. The minimum absolute atomic E-state index is 0. The standard InChI is InChI=1S/C38H50N4O2.ClH/c1-40(2)25-26-42-34-20-14-13-19-33(34)36(37(42)38(43)39-31-17-11-6-5-7-12-18-31)35(29-15-9-8-10-16-29)30-21-23-32(24-22-30)44-28-27-41(3)4;/h8-10,13-16,19-24,31,35H,5-7,11-12,17-18,25-28H2,1-4H3,(H,39,43);1H. The highest BCUT2D eigenvalue weighted by molar-refractivity contribution is 6.03. The van der Waals surface area contributed by atoms with E-state index < -0.39 is 0 Å². The van der Waals surface area contributed by atoms with E-state index in [1.807, 2.05) is 0 Å². The van der Waals surface area contributed by atoms with Crippen LogP contribution in [0.2, 0.25) is 0 Å². The number of carbonyl (C=O) groups excluding carboxylic acids is 1. The maximum atomic E-state index is 14.6. The summed E-state index contributed by atoms with van der Waals surface area (Å²) in [6, 6.07) is 27.9. The number of fused-ring (bicyclic) bond motifs is 1. The molecule has 0 bridgehead atoms. The van der Waals surface area contributed by atoms with Crippen molar-refractivity contribution in [3.05, 3.63) is 101 Å². The minimum Gasteiger partial charge on any atom is -0.492 e. The molecule has 1 amide bonds. The van der Waals surface area contributed by atoms with Crippen molar-refractivity contribution in [2.75, 3.05) is 47.9 Å². The lowest BCUT2D eigenvalue weighted by atomic mass is 9.83. The number of nitrogens with one attached hydrogen (secondary N) is 1. The smallest absolute Gasteiger partial charge is 0.268 e. The van der Waals surface area contributed by atoms with Crippen molar-refractivity contribution in [2.45, 2.75) is 63.5 Å². The normalized spacial score (nSPS) is 15.0. The first kappa shape index (κ1) is 34.6. The van der Waals surface area contributed by atoms with Gasteiger partial charge in [-0.05, 0) is 70.4 Å². The van der Waals surface area contributed by atoms with Gasteiger partial charge in [0, 0.05) is 48.1 Å². The number of carbonyl (C=O) groups is 1. The molecule has 1 heterocycles. The van der Waals surface area contributed by atoms with Gasteiger partial charge in [0.2, 0.25) is 0 Å². The number of para-hydroxylation sites is 1. The molecule has 1 aliphatic rings. The summed E-state index contributed by atoms with van der Waals surface area (Å²) in [4.78, 5) is 18.9. The van der Waals surface area contributed by atoms with Crippen LogP contribution >= 0.6 is 12.4 Å². The molecule has 1 saturated carbocycles. The fourth-order valence-corrected chi connectivity index (χ4v) is 6.53. The van der Waals surface area contributed by atoms with Gasteiger partial charge in [0.05, 0.1) is 0 Å². The Balaban J connectivity index is 0.00000461. The number of aromatic nitrogens is 1. The molecule has 242 valence electrons. The first-order chi connectivity index (χ1) is 21.4. The number of nitrogens with zero attached hydrogens (tertiary/aromatic N) is 3. The molecule has 0 spiro atoms. The largest absolute Gasteiger partial charge is 0.492 e. The van der Waals surface area contributed by atoms with E-state index in [1.165, 1.54) is 37.7 Å². The van der Waals surface area contributed by atoms with E-state index in [9.17, 15) is 4.79 Å². The summed E-state index contributed by atoms with van der Waals surface area (Å²) in [5, 5.41) is 4.67. The van der Waals surface area contributed by atoms with Gasteiger partial charge in [-0.3, -0.25) is 4.79 Å². The zero-order chi connectivity index (χ0) is 30.9. The predicted molar refractivity (Wildman–Crippen MR) is 189 cm³/mol. The molecule has 5 rings (SSSR count). The average Bonchev–Trinajstić information content (AvgIpc) is 3.32. The Morgan fingerprint density at radius 1 is 0.800 bits per heavy atom. The molecule has 1 aliphatic carbocycles. The van der Waals surface area contributed by atoms with E-state index in [2.05, 4.69) is 127 Å². The molecule has 7 heteroatoms. The van der Waals surface area contributed by atoms with Gasteiger partial charge < -0.3 is 24.4 Å². The van der Waals surface area contributed by atoms with E-state index >= 15 is 0 Å². The second-order valence-electron chi connectivity index (χ2n) is 12.8. The summed E-state index contributed by atoms with van der Waals surface area (Å²) in [5.74, 6) is 0.791. The molecule has 0 saturated heterocycles. The molecular weight excluding hydrogens is 580 g/mol. The van der Waals surface area contributed by atoms with Gasteiger partial charge in [-0.15, -0.1) is 12.4 Å². The van der Waals surface area contributed by atoms with Crippen LogP contribution in [0.15, 0.2) is 78.9 Å². The molecule has 0 radical (unpaired) electrons. The average molecular weight is 631 g/mol. The Bertz CT molecular complexity index is 1480. The van der Waals surface area contributed by atoms with E-state index in [4.69, 9.17) is 4.74 Å². The van der Waals surface area contributed by atoms with E-state index in [0.717, 1.165) is 65.9 Å². The van der Waals surface area contributed by atoms with Gasteiger partial charge in [-0.1, -0.05) is 92.8 Å². The molecule has 1 fully saturated rings. The maximum absolute atomic E-state index is 14.6. The first-order valence-corrected chi connectivity index (χ1v) is 16.4. The number of likely N-dealkylation sites (N-methyl/N-ethyl adjacent to an activating group) is 2. The highest BCUT2D eigenvalue weighted by Gasteiger charge is 2.31. The number of hydrogen-bond acceptors (Lipinski definition) is 4. The summed E-state index contributed by atoms with van der Waals surface area (Å²) >= 11 is 0. The van der Waals surface area contributed by atoms with Crippen molar-refractivity contribution in [1.82, 2.24) is 19.7 Å². The number of ether oxygens (including phenoxy) is 1. The van der Waals surface area contributed by atoms with Crippen molar-refractivity contribution in [3.8, 4) is 5.75 Å². The quantitative estimate of drug-likeness (QED) is 0.175. The second-order valence-corrected chi connectivity index (χ2v) is 12.8. The molecule has 6 nitrogen and oxygen atoms in total. The summed E-state index contributed by atoms with van der Waals surface area (Å²) in [5.41, 5.74) is 5.29. The van der Waals surface area contributed by atoms with Crippen LogP contribution in [0.4, 0.5) is 0 Å². The van der Waals surface area contributed by atoms with Crippen molar-refractivity contribution < 1.29 is 9.53 Å². The monoisotopic (exact) mass is 630 g/mol.